The quantitative estimate of drug-likeness (QED) is 0.509. The van der Waals surface area contributed by atoms with Crippen molar-refractivity contribution in [3.63, 3.8) is 0 Å². The van der Waals surface area contributed by atoms with Crippen LogP contribution in [0.25, 0.3) is 11.5 Å². The van der Waals surface area contributed by atoms with E-state index < -0.39 is 0 Å². The third kappa shape index (κ3) is 4.74. The van der Waals surface area contributed by atoms with E-state index in [9.17, 15) is 4.79 Å². The minimum atomic E-state index is -0.177. The Bertz CT molecular complexity index is 1020. The first-order chi connectivity index (χ1) is 14.4. The largest absolute Gasteiger partial charge is 0.493 e. The van der Waals surface area contributed by atoms with E-state index in [1.165, 1.54) is 0 Å². The Hall–Kier alpha value is -3.06. The van der Waals surface area contributed by atoms with Gasteiger partial charge in [-0.15, -0.1) is 10.2 Å². The van der Waals surface area contributed by atoms with Crippen LogP contribution >= 0.6 is 11.6 Å². The fourth-order valence-electron chi connectivity index (χ4n) is 2.94. The Morgan fingerprint density at radius 3 is 2.60 bits per heavy atom. The Morgan fingerprint density at radius 2 is 1.93 bits per heavy atom. The van der Waals surface area contributed by atoms with Gasteiger partial charge in [0, 0.05) is 11.6 Å². The fraction of sp³-hybridized carbons (Fsp3) is 0.318. The minimum Gasteiger partial charge on any atom is -0.493 e. The van der Waals surface area contributed by atoms with Crippen molar-refractivity contribution in [2.75, 3.05) is 13.7 Å². The first-order valence-corrected chi connectivity index (χ1v) is 10.0. The van der Waals surface area contributed by atoms with Gasteiger partial charge in [0.15, 0.2) is 11.5 Å². The van der Waals surface area contributed by atoms with Gasteiger partial charge >= 0.3 is 0 Å². The molecular formula is C22H24ClN3O4. The Balaban J connectivity index is 1.83. The van der Waals surface area contributed by atoms with E-state index in [1.54, 1.807) is 42.3 Å². The molecule has 0 saturated carbocycles. The highest BCUT2D eigenvalue weighted by Crippen LogP contribution is 2.30. The summed E-state index contributed by atoms with van der Waals surface area (Å²) in [5.74, 6) is 1.56. The standard InChI is InChI=1S/C22H24ClN3O4/c1-5-29-18-11-10-15(12-19(18)28-4)22(27)26(14(2)3)13-20-24-25-21(30-20)16-8-6-7-9-17(16)23/h6-12,14H,5,13H2,1-4H3. The lowest BCUT2D eigenvalue weighted by Crippen LogP contribution is -2.36. The average Bonchev–Trinajstić information content (AvgIpc) is 3.20. The lowest BCUT2D eigenvalue weighted by Gasteiger charge is -2.25. The van der Waals surface area contributed by atoms with E-state index >= 15 is 0 Å². The summed E-state index contributed by atoms with van der Waals surface area (Å²) in [4.78, 5) is 14.8. The van der Waals surface area contributed by atoms with Crippen molar-refractivity contribution in [3.8, 4) is 23.0 Å². The predicted octanol–water partition coefficient (Wildman–Crippen LogP) is 4.85. The van der Waals surface area contributed by atoms with Gasteiger partial charge in [-0.25, -0.2) is 0 Å². The van der Waals surface area contributed by atoms with Crippen LogP contribution in [-0.2, 0) is 6.54 Å². The number of aromatic nitrogens is 2. The van der Waals surface area contributed by atoms with Crippen LogP contribution in [0.3, 0.4) is 0 Å². The smallest absolute Gasteiger partial charge is 0.254 e. The molecule has 0 unspecified atom stereocenters. The number of carbonyl (C=O) groups excluding carboxylic acids is 1. The fourth-order valence-corrected chi connectivity index (χ4v) is 3.15. The molecule has 0 fully saturated rings. The highest BCUT2D eigenvalue weighted by Gasteiger charge is 2.23. The van der Waals surface area contributed by atoms with Gasteiger partial charge in [-0.3, -0.25) is 4.79 Å². The number of hydrogen-bond donors (Lipinski definition) is 0. The maximum atomic E-state index is 13.2. The van der Waals surface area contributed by atoms with Crippen LogP contribution in [0.5, 0.6) is 11.5 Å². The van der Waals surface area contributed by atoms with Crippen LogP contribution in [0.2, 0.25) is 5.02 Å². The monoisotopic (exact) mass is 429 g/mol. The molecule has 8 heteroatoms. The van der Waals surface area contributed by atoms with Crippen LogP contribution in [0.1, 0.15) is 37.0 Å². The molecule has 0 radical (unpaired) electrons. The second-order valence-corrected chi connectivity index (χ2v) is 7.21. The maximum absolute atomic E-state index is 13.2. The number of hydrogen-bond acceptors (Lipinski definition) is 6. The van der Waals surface area contributed by atoms with Crippen molar-refractivity contribution >= 4 is 17.5 Å². The summed E-state index contributed by atoms with van der Waals surface area (Å²) in [5, 5.41) is 8.69. The first kappa shape index (κ1) is 21.6. The van der Waals surface area contributed by atoms with Gasteiger partial charge in [0.1, 0.15) is 0 Å². The summed E-state index contributed by atoms with van der Waals surface area (Å²) in [6, 6.07) is 12.3. The van der Waals surface area contributed by atoms with Crippen molar-refractivity contribution in [2.24, 2.45) is 0 Å². The van der Waals surface area contributed by atoms with E-state index in [1.807, 2.05) is 32.9 Å². The highest BCUT2D eigenvalue weighted by atomic mass is 35.5. The summed E-state index contributed by atoms with van der Waals surface area (Å²) in [6.45, 7) is 6.42. The molecule has 1 amide bonds. The second-order valence-electron chi connectivity index (χ2n) is 6.81. The van der Waals surface area contributed by atoms with E-state index in [-0.39, 0.29) is 18.5 Å². The number of nitrogens with zero attached hydrogens (tertiary/aromatic N) is 3. The number of benzene rings is 2. The molecule has 3 rings (SSSR count). The van der Waals surface area contributed by atoms with Crippen LogP contribution < -0.4 is 9.47 Å². The van der Waals surface area contributed by atoms with Gasteiger partial charge in [0.25, 0.3) is 5.91 Å². The minimum absolute atomic E-state index is 0.0919. The molecule has 0 aliphatic rings. The van der Waals surface area contributed by atoms with Gasteiger partial charge in [-0.05, 0) is 51.1 Å². The molecule has 0 aliphatic heterocycles. The Labute approximate surface area is 180 Å². The zero-order valence-corrected chi connectivity index (χ0v) is 18.1. The number of halogens is 1. The van der Waals surface area contributed by atoms with Crippen molar-refractivity contribution in [3.05, 3.63) is 58.9 Å². The van der Waals surface area contributed by atoms with E-state index in [4.69, 9.17) is 25.5 Å². The van der Waals surface area contributed by atoms with Crippen LogP contribution in [0.4, 0.5) is 0 Å². The van der Waals surface area contributed by atoms with Crippen LogP contribution in [0, 0.1) is 0 Å². The first-order valence-electron chi connectivity index (χ1n) is 9.63. The molecule has 3 aromatic rings. The Kier molecular flexibility index (Phi) is 6.95. The van der Waals surface area contributed by atoms with E-state index in [2.05, 4.69) is 10.2 Å². The van der Waals surface area contributed by atoms with E-state index in [0.717, 1.165) is 0 Å². The van der Waals surface area contributed by atoms with Gasteiger partial charge in [0.2, 0.25) is 11.8 Å². The Morgan fingerprint density at radius 1 is 1.17 bits per heavy atom. The van der Waals surface area contributed by atoms with Gasteiger partial charge in [-0.2, -0.15) is 0 Å². The zero-order chi connectivity index (χ0) is 21.7. The molecule has 30 heavy (non-hydrogen) atoms. The summed E-state index contributed by atoms with van der Waals surface area (Å²) < 4.78 is 16.7. The number of methoxy groups -OCH3 is 1. The zero-order valence-electron chi connectivity index (χ0n) is 17.4. The molecule has 158 valence electrons. The van der Waals surface area contributed by atoms with Crippen molar-refractivity contribution in [1.29, 1.82) is 0 Å². The SMILES string of the molecule is CCOc1ccc(C(=O)N(Cc2nnc(-c3ccccc3Cl)o2)C(C)C)cc1OC. The third-order valence-corrected chi connectivity index (χ3v) is 4.80. The molecule has 0 saturated heterocycles. The van der Waals surface area contributed by atoms with Crippen LogP contribution in [0.15, 0.2) is 46.9 Å². The molecule has 2 aromatic carbocycles. The van der Waals surface area contributed by atoms with Crippen LogP contribution in [-0.4, -0.2) is 40.8 Å². The molecule has 1 heterocycles. The third-order valence-electron chi connectivity index (χ3n) is 4.47. The van der Waals surface area contributed by atoms with Crippen molar-refractivity contribution < 1.29 is 18.7 Å². The number of ether oxygens (including phenoxy) is 2. The van der Waals surface area contributed by atoms with Gasteiger partial charge in [0.05, 0.1) is 30.8 Å². The molecular weight excluding hydrogens is 406 g/mol. The lowest BCUT2D eigenvalue weighted by molar-refractivity contribution is 0.0672. The second kappa shape index (κ2) is 9.63. The highest BCUT2D eigenvalue weighted by molar-refractivity contribution is 6.33. The molecule has 0 aliphatic carbocycles. The van der Waals surface area contributed by atoms with Gasteiger partial charge < -0.3 is 18.8 Å². The normalized spacial score (nSPS) is 10.9. The molecule has 0 spiro atoms. The van der Waals surface area contributed by atoms with Gasteiger partial charge in [-0.1, -0.05) is 23.7 Å². The summed E-state index contributed by atoms with van der Waals surface area (Å²) in [7, 11) is 1.54. The molecule has 1 aromatic heterocycles. The number of amides is 1. The molecule has 7 nitrogen and oxygen atoms in total. The molecule has 0 N–H and O–H groups in total. The topological polar surface area (TPSA) is 77.7 Å². The average molecular weight is 430 g/mol. The molecule has 0 atom stereocenters. The summed E-state index contributed by atoms with van der Waals surface area (Å²) in [6.07, 6.45) is 0. The van der Waals surface area contributed by atoms with E-state index in [0.29, 0.717) is 46.0 Å². The summed E-state index contributed by atoms with van der Waals surface area (Å²) in [5.41, 5.74) is 1.13. The van der Waals surface area contributed by atoms with Crippen molar-refractivity contribution in [2.45, 2.75) is 33.4 Å². The van der Waals surface area contributed by atoms with Crippen molar-refractivity contribution in [1.82, 2.24) is 15.1 Å². The predicted molar refractivity (Wildman–Crippen MR) is 114 cm³/mol. The number of rotatable bonds is 8. The molecule has 0 bridgehead atoms. The maximum Gasteiger partial charge on any atom is 0.254 e. The number of carbonyl (C=O) groups is 1. The summed E-state index contributed by atoms with van der Waals surface area (Å²) >= 11 is 6.20. The lowest BCUT2D eigenvalue weighted by atomic mass is 10.1.